The Morgan fingerprint density at radius 2 is 1.88 bits per heavy atom. The van der Waals surface area contributed by atoms with Crippen LogP contribution >= 0.6 is 11.6 Å². The van der Waals surface area contributed by atoms with Crippen LogP contribution in [0.4, 0.5) is 0 Å². The first-order valence-electron chi connectivity index (χ1n) is 5.77. The van der Waals surface area contributed by atoms with Crippen molar-refractivity contribution in [3.63, 3.8) is 0 Å². The highest BCUT2D eigenvalue weighted by Crippen LogP contribution is 2.31. The first-order valence-corrected chi connectivity index (χ1v) is 7.75. The van der Waals surface area contributed by atoms with Gasteiger partial charge in [-0.3, -0.25) is 0 Å². The number of benzene rings is 1. The Hall–Kier alpha value is -0.580. The van der Waals surface area contributed by atoms with Crippen LogP contribution in [0.15, 0.2) is 24.3 Å². The summed E-state index contributed by atoms with van der Waals surface area (Å²) in [5, 5.41) is 0.671. The van der Waals surface area contributed by atoms with Gasteiger partial charge < -0.3 is 0 Å². The lowest BCUT2D eigenvalue weighted by atomic mass is 10.2. The molecule has 1 aromatic rings. The Bertz CT molecular complexity index is 480. The monoisotopic (exact) mass is 273 g/mol. The molecule has 0 aliphatic heterocycles. The zero-order chi connectivity index (χ0) is 12.5. The first kappa shape index (κ1) is 12.9. The molecular weight excluding hydrogens is 258 g/mol. The minimum atomic E-state index is -3.11. The Kier molecular flexibility index (Phi) is 3.76. The SMILES string of the molecule is CCS(=O)(=O)N(Cc1ccc(Cl)cc1)C1CC1. The average molecular weight is 274 g/mol. The van der Waals surface area contributed by atoms with Crippen molar-refractivity contribution in [1.29, 1.82) is 0 Å². The van der Waals surface area contributed by atoms with Crippen molar-refractivity contribution in [2.24, 2.45) is 0 Å². The normalized spacial score (nSPS) is 16.4. The van der Waals surface area contributed by atoms with Crippen molar-refractivity contribution in [3.05, 3.63) is 34.9 Å². The van der Waals surface area contributed by atoms with Gasteiger partial charge in [-0.05, 0) is 37.5 Å². The molecule has 0 amide bonds. The predicted molar refractivity (Wildman–Crippen MR) is 69.5 cm³/mol. The van der Waals surface area contributed by atoms with Gasteiger partial charge in [0.25, 0.3) is 0 Å². The number of hydrogen-bond donors (Lipinski definition) is 0. The summed E-state index contributed by atoms with van der Waals surface area (Å²) in [6.07, 6.45) is 1.96. The van der Waals surface area contributed by atoms with E-state index in [9.17, 15) is 8.42 Å². The molecule has 0 bridgehead atoms. The number of nitrogens with zero attached hydrogens (tertiary/aromatic N) is 1. The molecule has 2 rings (SSSR count). The summed E-state index contributed by atoms with van der Waals surface area (Å²) in [6, 6.07) is 7.54. The molecule has 1 aliphatic carbocycles. The van der Waals surface area contributed by atoms with Gasteiger partial charge in [0.2, 0.25) is 10.0 Å². The summed E-state index contributed by atoms with van der Waals surface area (Å²) in [4.78, 5) is 0. The molecule has 94 valence electrons. The largest absolute Gasteiger partial charge is 0.214 e. The first-order chi connectivity index (χ1) is 8.03. The second-order valence-electron chi connectivity index (χ2n) is 4.30. The van der Waals surface area contributed by atoms with E-state index >= 15 is 0 Å². The number of rotatable bonds is 5. The molecule has 0 N–H and O–H groups in total. The molecular formula is C12H16ClNO2S. The van der Waals surface area contributed by atoms with Gasteiger partial charge in [-0.2, -0.15) is 4.31 Å². The molecule has 0 saturated heterocycles. The van der Waals surface area contributed by atoms with E-state index in [-0.39, 0.29) is 11.8 Å². The number of halogens is 1. The maximum absolute atomic E-state index is 12.0. The summed E-state index contributed by atoms with van der Waals surface area (Å²) >= 11 is 5.81. The zero-order valence-corrected chi connectivity index (χ0v) is 11.3. The molecule has 0 radical (unpaired) electrons. The van der Waals surface area contributed by atoms with Crippen LogP contribution in [0.3, 0.4) is 0 Å². The van der Waals surface area contributed by atoms with Gasteiger partial charge in [-0.25, -0.2) is 8.42 Å². The van der Waals surface area contributed by atoms with Crippen molar-refractivity contribution in [3.8, 4) is 0 Å². The summed E-state index contributed by atoms with van der Waals surface area (Å²) in [5.41, 5.74) is 0.985. The minimum absolute atomic E-state index is 0.164. The fourth-order valence-electron chi connectivity index (χ4n) is 1.75. The van der Waals surface area contributed by atoms with Gasteiger partial charge in [0.05, 0.1) is 5.75 Å². The van der Waals surface area contributed by atoms with Crippen LogP contribution in [-0.2, 0) is 16.6 Å². The fraction of sp³-hybridized carbons (Fsp3) is 0.500. The van der Waals surface area contributed by atoms with Gasteiger partial charge in [0.1, 0.15) is 0 Å². The van der Waals surface area contributed by atoms with Crippen LogP contribution < -0.4 is 0 Å². The van der Waals surface area contributed by atoms with Crippen LogP contribution in [0.2, 0.25) is 5.02 Å². The summed E-state index contributed by atoms with van der Waals surface area (Å²) < 4.78 is 25.5. The van der Waals surface area contributed by atoms with Crippen molar-refractivity contribution < 1.29 is 8.42 Å². The Morgan fingerprint density at radius 1 is 1.29 bits per heavy atom. The molecule has 17 heavy (non-hydrogen) atoms. The lowest BCUT2D eigenvalue weighted by Crippen LogP contribution is -2.33. The van der Waals surface area contributed by atoms with Crippen LogP contribution in [0, 0.1) is 0 Å². The standard InChI is InChI=1S/C12H16ClNO2S/c1-2-17(15,16)14(12-7-8-12)9-10-3-5-11(13)6-4-10/h3-6,12H,2,7-9H2,1H3. The maximum Gasteiger partial charge on any atom is 0.214 e. The topological polar surface area (TPSA) is 37.4 Å². The van der Waals surface area contributed by atoms with E-state index in [1.807, 2.05) is 12.1 Å². The fourth-order valence-corrected chi connectivity index (χ4v) is 3.22. The highest BCUT2D eigenvalue weighted by molar-refractivity contribution is 7.89. The molecule has 1 saturated carbocycles. The van der Waals surface area contributed by atoms with Crippen molar-refractivity contribution in [1.82, 2.24) is 4.31 Å². The third-order valence-corrected chi connectivity index (χ3v) is 5.05. The second-order valence-corrected chi connectivity index (χ2v) is 6.95. The van der Waals surface area contributed by atoms with Crippen molar-refractivity contribution >= 4 is 21.6 Å². The van der Waals surface area contributed by atoms with E-state index in [1.165, 1.54) is 0 Å². The lowest BCUT2D eigenvalue weighted by Gasteiger charge is -2.21. The Morgan fingerprint density at radius 3 is 2.35 bits per heavy atom. The van der Waals surface area contributed by atoms with Crippen LogP contribution in [-0.4, -0.2) is 24.5 Å². The number of hydrogen-bond acceptors (Lipinski definition) is 2. The van der Waals surface area contributed by atoms with Crippen LogP contribution in [0.5, 0.6) is 0 Å². The average Bonchev–Trinajstić information content (AvgIpc) is 3.12. The molecule has 1 aromatic carbocycles. The van der Waals surface area contributed by atoms with E-state index in [2.05, 4.69) is 0 Å². The second kappa shape index (κ2) is 4.96. The smallest absolute Gasteiger partial charge is 0.212 e. The Labute approximate surface area is 107 Å². The molecule has 0 atom stereocenters. The summed E-state index contributed by atoms with van der Waals surface area (Å²) in [5.74, 6) is 0.164. The molecule has 3 nitrogen and oxygen atoms in total. The zero-order valence-electron chi connectivity index (χ0n) is 9.77. The summed E-state index contributed by atoms with van der Waals surface area (Å²) in [6.45, 7) is 2.14. The molecule has 0 aromatic heterocycles. The van der Waals surface area contributed by atoms with Crippen molar-refractivity contribution in [2.45, 2.75) is 32.4 Å². The highest BCUT2D eigenvalue weighted by atomic mass is 35.5. The van der Waals surface area contributed by atoms with Crippen LogP contribution in [0.1, 0.15) is 25.3 Å². The van der Waals surface area contributed by atoms with Gasteiger partial charge in [-0.1, -0.05) is 23.7 Å². The van der Waals surface area contributed by atoms with Gasteiger partial charge in [0, 0.05) is 17.6 Å². The number of sulfonamides is 1. The molecule has 1 aliphatic rings. The quantitative estimate of drug-likeness (QED) is 0.827. The van der Waals surface area contributed by atoms with E-state index in [0.29, 0.717) is 11.6 Å². The molecule has 0 unspecified atom stereocenters. The maximum atomic E-state index is 12.0. The van der Waals surface area contributed by atoms with E-state index in [0.717, 1.165) is 18.4 Å². The Balaban J connectivity index is 2.16. The third kappa shape index (κ3) is 3.21. The third-order valence-electron chi connectivity index (χ3n) is 2.93. The molecule has 1 fully saturated rings. The van der Waals surface area contributed by atoms with Crippen molar-refractivity contribution in [2.75, 3.05) is 5.75 Å². The predicted octanol–water partition coefficient (Wildman–Crippen LogP) is 2.65. The van der Waals surface area contributed by atoms with E-state index in [1.54, 1.807) is 23.4 Å². The van der Waals surface area contributed by atoms with Gasteiger partial charge in [-0.15, -0.1) is 0 Å². The minimum Gasteiger partial charge on any atom is -0.212 e. The molecule has 0 spiro atoms. The molecule has 0 heterocycles. The molecule has 5 heteroatoms. The van der Waals surface area contributed by atoms with Gasteiger partial charge in [0.15, 0.2) is 0 Å². The van der Waals surface area contributed by atoms with E-state index in [4.69, 9.17) is 11.6 Å². The highest BCUT2D eigenvalue weighted by Gasteiger charge is 2.36. The van der Waals surface area contributed by atoms with E-state index < -0.39 is 10.0 Å². The lowest BCUT2D eigenvalue weighted by molar-refractivity contribution is 0.399. The van der Waals surface area contributed by atoms with Crippen LogP contribution in [0.25, 0.3) is 0 Å². The van der Waals surface area contributed by atoms with Gasteiger partial charge >= 0.3 is 0 Å². The summed E-state index contributed by atoms with van der Waals surface area (Å²) in [7, 11) is -3.11.